The van der Waals surface area contributed by atoms with Gasteiger partial charge in [0.25, 0.3) is 0 Å². The number of carboxylic acids is 5. The molecule has 0 radical (unpaired) electrons. The van der Waals surface area contributed by atoms with Crippen LogP contribution in [-0.2, 0) is 24.0 Å². The topological polar surface area (TPSA) is 285 Å². The first-order valence-corrected chi connectivity index (χ1v) is 7.25. The highest BCUT2D eigenvalue weighted by Crippen LogP contribution is 1.94. The van der Waals surface area contributed by atoms with Crippen molar-refractivity contribution in [2.24, 2.45) is 17.2 Å². The highest BCUT2D eigenvalue weighted by Gasteiger charge is 2.12. The average Bonchev–Trinajstić information content (AvgIpc) is 2.57. The minimum Gasteiger partial charge on any atom is -0.481 e. The summed E-state index contributed by atoms with van der Waals surface area (Å²) in [6.07, 6.45) is -0.448. The van der Waals surface area contributed by atoms with Crippen molar-refractivity contribution >= 4 is 29.8 Å². The SMILES string of the molecule is NC(CCC(=O)O)C(=O)O.NC(CCC(=O)O)C(=O)O.NC(CO)C(=O)O. The molecule has 0 saturated carbocycles. The van der Waals surface area contributed by atoms with Crippen LogP contribution in [0.2, 0.25) is 0 Å². The van der Waals surface area contributed by atoms with Gasteiger partial charge in [0, 0.05) is 12.8 Å². The monoisotopic (exact) mass is 399 g/mol. The second-order valence-corrected chi connectivity index (χ2v) is 4.88. The van der Waals surface area contributed by atoms with Crippen LogP contribution in [0, 0.1) is 0 Å². The molecule has 0 aromatic rings. The average molecular weight is 399 g/mol. The van der Waals surface area contributed by atoms with E-state index >= 15 is 0 Å². The van der Waals surface area contributed by atoms with Gasteiger partial charge in [0.05, 0.1) is 6.61 Å². The van der Waals surface area contributed by atoms with E-state index in [0.717, 1.165) is 0 Å². The largest absolute Gasteiger partial charge is 0.481 e. The van der Waals surface area contributed by atoms with Gasteiger partial charge in [0.2, 0.25) is 0 Å². The van der Waals surface area contributed by atoms with Gasteiger partial charge in [-0.1, -0.05) is 0 Å². The van der Waals surface area contributed by atoms with Crippen LogP contribution in [0.15, 0.2) is 0 Å². The molecule has 0 bridgehead atoms. The number of carbonyl (C=O) groups is 5. The number of carboxylic acid groups (broad SMARTS) is 5. The van der Waals surface area contributed by atoms with E-state index in [9.17, 15) is 24.0 Å². The molecular weight excluding hydrogens is 374 g/mol. The minimum atomic E-state index is -1.18. The van der Waals surface area contributed by atoms with Crippen LogP contribution in [0.1, 0.15) is 25.7 Å². The standard InChI is InChI=1S/2C5H9NO4.C3H7NO3/c2*6-3(5(9)10)1-2-4(7)8;4-2(1-5)3(6)7/h2*3H,1-2,6H2,(H,7,8)(H,9,10);2,5H,1,4H2,(H,6,7). The Bertz CT molecular complexity index is 464. The van der Waals surface area contributed by atoms with Crippen LogP contribution < -0.4 is 17.2 Å². The Morgan fingerprint density at radius 1 is 0.593 bits per heavy atom. The molecule has 0 amide bonds. The summed E-state index contributed by atoms with van der Waals surface area (Å²) in [4.78, 5) is 49.4. The molecule has 0 aromatic carbocycles. The van der Waals surface area contributed by atoms with Crippen molar-refractivity contribution in [2.75, 3.05) is 6.61 Å². The van der Waals surface area contributed by atoms with E-state index in [1.807, 2.05) is 0 Å². The third-order valence-electron chi connectivity index (χ3n) is 2.49. The third-order valence-corrected chi connectivity index (χ3v) is 2.49. The molecule has 0 heterocycles. The Hall–Kier alpha value is -2.81. The second kappa shape index (κ2) is 16.6. The predicted octanol–water partition coefficient (Wildman–Crippen LogP) is -3.08. The lowest BCUT2D eigenvalue weighted by Gasteiger charge is -2.01. The van der Waals surface area contributed by atoms with Crippen molar-refractivity contribution in [3.05, 3.63) is 0 Å². The fourth-order valence-electron chi connectivity index (χ4n) is 0.883. The second-order valence-electron chi connectivity index (χ2n) is 4.88. The van der Waals surface area contributed by atoms with Gasteiger partial charge < -0.3 is 47.8 Å². The van der Waals surface area contributed by atoms with Crippen LogP contribution in [-0.4, -0.2) is 85.2 Å². The predicted molar refractivity (Wildman–Crippen MR) is 87.7 cm³/mol. The summed E-state index contributed by atoms with van der Waals surface area (Å²) in [5.74, 6) is -5.57. The maximum absolute atomic E-state index is 9.99. The first-order chi connectivity index (χ1) is 12.3. The summed E-state index contributed by atoms with van der Waals surface area (Å²) in [5.41, 5.74) is 14.8. The van der Waals surface area contributed by atoms with Crippen molar-refractivity contribution in [3.63, 3.8) is 0 Å². The summed E-state index contributed by atoms with van der Waals surface area (Å²) < 4.78 is 0. The molecule has 0 rings (SSSR count). The zero-order valence-corrected chi connectivity index (χ0v) is 14.2. The van der Waals surface area contributed by atoms with E-state index in [2.05, 4.69) is 0 Å². The molecule has 0 fully saturated rings. The van der Waals surface area contributed by atoms with E-state index in [-0.39, 0.29) is 25.7 Å². The molecule has 14 nitrogen and oxygen atoms in total. The first kappa shape index (κ1) is 29.0. The Morgan fingerprint density at radius 3 is 0.963 bits per heavy atom. The summed E-state index contributed by atoms with van der Waals surface area (Å²) in [5, 5.41) is 48.4. The van der Waals surface area contributed by atoms with Crippen molar-refractivity contribution in [2.45, 2.75) is 43.8 Å². The van der Waals surface area contributed by atoms with Crippen molar-refractivity contribution < 1.29 is 54.6 Å². The van der Waals surface area contributed by atoms with E-state index in [0.29, 0.717) is 0 Å². The molecule has 0 aliphatic rings. The Balaban J connectivity index is -0.000000326. The van der Waals surface area contributed by atoms with Crippen LogP contribution >= 0.6 is 0 Å². The molecule has 0 aromatic heterocycles. The van der Waals surface area contributed by atoms with Crippen LogP contribution in [0.25, 0.3) is 0 Å². The quantitative estimate of drug-likeness (QED) is 0.176. The third kappa shape index (κ3) is 23.2. The van der Waals surface area contributed by atoms with Gasteiger partial charge in [-0.15, -0.1) is 0 Å². The number of hydrogen-bond acceptors (Lipinski definition) is 9. The molecule has 14 heteroatoms. The maximum Gasteiger partial charge on any atom is 0.322 e. The number of aliphatic hydroxyl groups is 1. The number of aliphatic hydroxyl groups excluding tert-OH is 1. The highest BCUT2D eigenvalue weighted by atomic mass is 16.4. The van der Waals surface area contributed by atoms with Gasteiger partial charge in [-0.3, -0.25) is 24.0 Å². The molecule has 0 saturated heterocycles. The van der Waals surface area contributed by atoms with Crippen molar-refractivity contribution in [3.8, 4) is 0 Å². The molecule has 27 heavy (non-hydrogen) atoms. The summed E-state index contributed by atoms with van der Waals surface area (Å²) in [6.45, 7) is -0.505. The van der Waals surface area contributed by atoms with Gasteiger partial charge in [-0.2, -0.15) is 0 Å². The highest BCUT2D eigenvalue weighted by molar-refractivity contribution is 5.75. The molecule has 3 unspecified atom stereocenters. The zero-order chi connectivity index (χ0) is 22.2. The fraction of sp³-hybridized carbons (Fsp3) is 0.615. The summed E-state index contributed by atoms with van der Waals surface area (Å²) in [6, 6.07) is -3.24. The zero-order valence-electron chi connectivity index (χ0n) is 14.2. The molecule has 0 spiro atoms. The number of hydrogen-bond donors (Lipinski definition) is 9. The van der Waals surface area contributed by atoms with E-state index in [1.165, 1.54) is 0 Å². The molecule has 3 atom stereocenters. The van der Waals surface area contributed by atoms with E-state index in [1.54, 1.807) is 0 Å². The normalized spacial score (nSPS) is 12.7. The lowest BCUT2D eigenvalue weighted by Crippen LogP contribution is -2.33. The molecule has 158 valence electrons. The number of rotatable bonds is 10. The smallest absolute Gasteiger partial charge is 0.322 e. The van der Waals surface area contributed by atoms with Gasteiger partial charge in [-0.05, 0) is 12.8 Å². The lowest BCUT2D eigenvalue weighted by molar-refractivity contribution is -0.141. The van der Waals surface area contributed by atoms with Crippen LogP contribution in [0.3, 0.4) is 0 Å². The lowest BCUT2D eigenvalue weighted by atomic mass is 10.2. The van der Waals surface area contributed by atoms with Crippen LogP contribution in [0.4, 0.5) is 0 Å². The van der Waals surface area contributed by atoms with Crippen molar-refractivity contribution in [1.82, 2.24) is 0 Å². The minimum absolute atomic E-state index is 0.0231. The van der Waals surface area contributed by atoms with Gasteiger partial charge in [0.15, 0.2) is 0 Å². The van der Waals surface area contributed by atoms with Gasteiger partial charge in [0.1, 0.15) is 18.1 Å². The molecule has 0 aliphatic carbocycles. The number of nitrogens with two attached hydrogens (primary N) is 3. The maximum atomic E-state index is 9.99. The van der Waals surface area contributed by atoms with Gasteiger partial charge >= 0.3 is 29.8 Å². The first-order valence-electron chi connectivity index (χ1n) is 7.25. The molecule has 12 N–H and O–H groups in total. The van der Waals surface area contributed by atoms with E-state index in [4.69, 9.17) is 47.8 Å². The van der Waals surface area contributed by atoms with Crippen LogP contribution in [0.5, 0.6) is 0 Å². The van der Waals surface area contributed by atoms with Gasteiger partial charge in [-0.25, -0.2) is 0 Å². The Labute approximate surface area is 153 Å². The number of aliphatic carboxylic acids is 5. The molecular formula is C13H25N3O11. The summed E-state index contributed by atoms with van der Waals surface area (Å²) >= 11 is 0. The molecule has 0 aliphatic heterocycles. The van der Waals surface area contributed by atoms with Crippen molar-refractivity contribution in [1.29, 1.82) is 0 Å². The van der Waals surface area contributed by atoms with E-state index < -0.39 is 54.6 Å². The Morgan fingerprint density at radius 2 is 0.852 bits per heavy atom. The fourth-order valence-corrected chi connectivity index (χ4v) is 0.883. The Kier molecular flexibility index (Phi) is 17.9. The summed E-state index contributed by atoms with van der Waals surface area (Å²) in [7, 11) is 0.